The third-order valence-electron chi connectivity index (χ3n) is 4.61. The summed E-state index contributed by atoms with van der Waals surface area (Å²) in [6, 6.07) is 24.6. The second-order valence-electron chi connectivity index (χ2n) is 6.77. The zero-order chi connectivity index (χ0) is 20.9. The van der Waals surface area contributed by atoms with Gasteiger partial charge in [-0.05, 0) is 29.8 Å². The van der Waals surface area contributed by atoms with Gasteiger partial charge in [0.1, 0.15) is 35.1 Å². The van der Waals surface area contributed by atoms with Crippen molar-refractivity contribution in [2.75, 3.05) is 7.11 Å². The highest BCUT2D eigenvalue weighted by Crippen LogP contribution is 2.33. The van der Waals surface area contributed by atoms with E-state index in [0.717, 1.165) is 10.9 Å². The Morgan fingerprint density at radius 1 is 0.867 bits per heavy atom. The van der Waals surface area contributed by atoms with Gasteiger partial charge in [0.25, 0.3) is 0 Å². The van der Waals surface area contributed by atoms with E-state index in [1.807, 2.05) is 72.8 Å². The zero-order valence-electron chi connectivity index (χ0n) is 16.8. The van der Waals surface area contributed by atoms with E-state index in [1.54, 1.807) is 13.2 Å². The van der Waals surface area contributed by atoms with Gasteiger partial charge in [0.15, 0.2) is 11.5 Å². The quantitative estimate of drug-likeness (QED) is 0.367. The molecule has 30 heavy (non-hydrogen) atoms. The van der Waals surface area contributed by atoms with Crippen molar-refractivity contribution in [1.29, 1.82) is 0 Å². The predicted molar refractivity (Wildman–Crippen MR) is 116 cm³/mol. The number of aromatic nitrogens is 1. The number of nitrogens with zero attached hydrogens (tertiary/aromatic N) is 1. The summed E-state index contributed by atoms with van der Waals surface area (Å²) in [5.41, 5.74) is 1.89. The van der Waals surface area contributed by atoms with Gasteiger partial charge in [-0.25, -0.2) is 4.98 Å². The van der Waals surface area contributed by atoms with Crippen LogP contribution in [0.15, 0.2) is 78.9 Å². The van der Waals surface area contributed by atoms with Crippen LogP contribution >= 0.6 is 0 Å². The predicted octanol–water partition coefficient (Wildman–Crippen LogP) is 5.82. The van der Waals surface area contributed by atoms with Gasteiger partial charge in [-0.15, -0.1) is 0 Å². The minimum absolute atomic E-state index is 0.170. The van der Waals surface area contributed by atoms with Crippen LogP contribution in [0, 0.1) is 0 Å². The fourth-order valence-electron chi connectivity index (χ4n) is 3.12. The lowest BCUT2D eigenvalue weighted by Gasteiger charge is -2.13. The van der Waals surface area contributed by atoms with Crippen LogP contribution in [0.4, 0.5) is 0 Å². The number of ether oxygens (including phenoxy) is 3. The molecular formula is C25H21NO4. The number of carbonyl (C=O) groups is 1. The summed E-state index contributed by atoms with van der Waals surface area (Å²) in [7, 11) is 1.61. The summed E-state index contributed by atoms with van der Waals surface area (Å²) < 4.78 is 17.2. The first-order chi connectivity index (χ1) is 14.6. The van der Waals surface area contributed by atoms with E-state index in [2.05, 4.69) is 4.98 Å². The molecule has 0 unspecified atom stereocenters. The van der Waals surface area contributed by atoms with Crippen molar-refractivity contribution in [3.63, 3.8) is 0 Å². The first-order valence-corrected chi connectivity index (χ1v) is 9.57. The molecule has 0 saturated carbocycles. The van der Waals surface area contributed by atoms with E-state index in [4.69, 9.17) is 14.2 Å². The average molecular weight is 399 g/mol. The minimum atomic E-state index is -0.170. The van der Waals surface area contributed by atoms with Crippen LogP contribution in [-0.4, -0.2) is 17.9 Å². The van der Waals surface area contributed by atoms with Crippen molar-refractivity contribution in [3.8, 4) is 23.0 Å². The Bertz CT molecular complexity index is 1190. The van der Waals surface area contributed by atoms with Gasteiger partial charge in [0.05, 0.1) is 7.11 Å². The summed E-state index contributed by atoms with van der Waals surface area (Å²) in [5.74, 6) is 2.16. The molecule has 5 heteroatoms. The van der Waals surface area contributed by atoms with E-state index >= 15 is 0 Å². The van der Waals surface area contributed by atoms with E-state index in [-0.39, 0.29) is 11.5 Å². The van der Waals surface area contributed by atoms with Crippen molar-refractivity contribution in [2.24, 2.45) is 0 Å². The number of carbonyl (C=O) groups excluding carboxylic acids is 1. The smallest absolute Gasteiger partial charge is 0.181 e. The Morgan fingerprint density at radius 2 is 1.63 bits per heavy atom. The molecule has 0 amide bonds. The molecule has 0 aliphatic rings. The van der Waals surface area contributed by atoms with Crippen molar-refractivity contribution in [3.05, 3.63) is 90.1 Å². The zero-order valence-corrected chi connectivity index (χ0v) is 16.8. The van der Waals surface area contributed by atoms with Crippen LogP contribution in [0.2, 0.25) is 0 Å². The summed E-state index contributed by atoms with van der Waals surface area (Å²) in [5, 5.41) is 0.823. The highest BCUT2D eigenvalue weighted by molar-refractivity contribution is 5.99. The Kier molecular flexibility index (Phi) is 5.61. The number of ketones is 1. The SMILES string of the molecule is COc1cccc(Oc2cccc3cc(OCc4ccccc4)c(C(C)=O)nc23)c1. The van der Waals surface area contributed by atoms with E-state index < -0.39 is 0 Å². The molecule has 0 N–H and O–H groups in total. The second kappa shape index (κ2) is 8.66. The highest BCUT2D eigenvalue weighted by atomic mass is 16.5. The molecule has 0 spiro atoms. The molecule has 1 aromatic heterocycles. The fourth-order valence-corrected chi connectivity index (χ4v) is 3.12. The largest absolute Gasteiger partial charge is 0.497 e. The van der Waals surface area contributed by atoms with Crippen LogP contribution in [0.3, 0.4) is 0 Å². The van der Waals surface area contributed by atoms with Crippen LogP contribution in [-0.2, 0) is 6.61 Å². The summed E-state index contributed by atoms with van der Waals surface area (Å²) in [4.78, 5) is 16.9. The molecule has 0 aliphatic carbocycles. The number of hydrogen-bond donors (Lipinski definition) is 0. The molecule has 150 valence electrons. The Labute approximate surface area is 174 Å². The fraction of sp³-hybridized carbons (Fsp3) is 0.120. The lowest BCUT2D eigenvalue weighted by atomic mass is 10.1. The molecule has 0 radical (unpaired) electrons. The molecule has 3 aromatic carbocycles. The standard InChI is InChI=1S/C25H21NO4/c1-17(27)24-23(29-16-18-8-4-3-5-9-18)14-19-10-6-13-22(25(19)26-24)30-21-12-7-11-20(15-21)28-2/h3-15H,16H2,1-2H3. The first-order valence-electron chi connectivity index (χ1n) is 9.57. The number of Topliss-reactive ketones (excluding diaryl/α,β-unsaturated/α-hetero) is 1. The van der Waals surface area contributed by atoms with E-state index in [9.17, 15) is 4.79 Å². The second-order valence-corrected chi connectivity index (χ2v) is 6.77. The molecule has 4 rings (SSSR count). The Morgan fingerprint density at radius 3 is 2.40 bits per heavy atom. The van der Waals surface area contributed by atoms with Crippen molar-refractivity contribution in [2.45, 2.75) is 13.5 Å². The minimum Gasteiger partial charge on any atom is -0.497 e. The molecule has 1 heterocycles. The molecular weight excluding hydrogens is 378 g/mol. The molecule has 0 saturated heterocycles. The third kappa shape index (κ3) is 4.25. The van der Waals surface area contributed by atoms with Gasteiger partial charge < -0.3 is 14.2 Å². The number of rotatable bonds is 7. The number of para-hydroxylation sites is 1. The maximum Gasteiger partial charge on any atom is 0.181 e. The van der Waals surface area contributed by atoms with Crippen molar-refractivity contribution >= 4 is 16.7 Å². The lowest BCUT2D eigenvalue weighted by Crippen LogP contribution is -2.05. The average Bonchev–Trinajstić information content (AvgIpc) is 2.78. The molecule has 5 nitrogen and oxygen atoms in total. The van der Waals surface area contributed by atoms with Crippen molar-refractivity contribution < 1.29 is 19.0 Å². The Hall–Kier alpha value is -3.86. The highest BCUT2D eigenvalue weighted by Gasteiger charge is 2.16. The van der Waals surface area contributed by atoms with Crippen molar-refractivity contribution in [1.82, 2.24) is 4.98 Å². The summed E-state index contributed by atoms with van der Waals surface area (Å²) >= 11 is 0. The van der Waals surface area contributed by atoms with E-state index in [0.29, 0.717) is 35.1 Å². The first kappa shape index (κ1) is 19.5. The molecule has 0 bridgehead atoms. The van der Waals surface area contributed by atoms with Gasteiger partial charge in [-0.1, -0.05) is 48.5 Å². The van der Waals surface area contributed by atoms with Crippen LogP contribution in [0.25, 0.3) is 10.9 Å². The topological polar surface area (TPSA) is 57.7 Å². The van der Waals surface area contributed by atoms with E-state index in [1.165, 1.54) is 6.92 Å². The maximum absolute atomic E-state index is 12.3. The Balaban J connectivity index is 1.70. The van der Waals surface area contributed by atoms with Gasteiger partial charge in [-0.3, -0.25) is 4.79 Å². The number of fused-ring (bicyclic) bond motifs is 1. The molecule has 0 atom stereocenters. The molecule has 0 aliphatic heterocycles. The van der Waals surface area contributed by atoms with Crippen LogP contribution in [0.5, 0.6) is 23.0 Å². The number of pyridine rings is 1. The van der Waals surface area contributed by atoms with Gasteiger partial charge in [0.2, 0.25) is 0 Å². The lowest BCUT2D eigenvalue weighted by molar-refractivity contribution is 0.100. The summed E-state index contributed by atoms with van der Waals surface area (Å²) in [6.07, 6.45) is 0. The van der Waals surface area contributed by atoms with Gasteiger partial charge in [0, 0.05) is 18.4 Å². The molecule has 4 aromatic rings. The normalized spacial score (nSPS) is 10.6. The van der Waals surface area contributed by atoms with Crippen LogP contribution < -0.4 is 14.2 Å². The van der Waals surface area contributed by atoms with Gasteiger partial charge >= 0.3 is 0 Å². The number of hydrogen-bond acceptors (Lipinski definition) is 5. The summed E-state index contributed by atoms with van der Waals surface area (Å²) in [6.45, 7) is 1.84. The molecule has 0 fully saturated rings. The maximum atomic E-state index is 12.3. The monoisotopic (exact) mass is 399 g/mol. The third-order valence-corrected chi connectivity index (χ3v) is 4.61. The number of benzene rings is 3. The number of methoxy groups -OCH3 is 1. The van der Waals surface area contributed by atoms with Gasteiger partial charge in [-0.2, -0.15) is 0 Å². The van der Waals surface area contributed by atoms with Crippen LogP contribution in [0.1, 0.15) is 23.0 Å².